The third-order valence-electron chi connectivity index (χ3n) is 3.73. The van der Waals surface area contributed by atoms with Crippen molar-refractivity contribution in [2.75, 3.05) is 7.11 Å². The van der Waals surface area contributed by atoms with Crippen LogP contribution in [0.15, 0.2) is 66.9 Å². The van der Waals surface area contributed by atoms with Crippen LogP contribution in [0.5, 0.6) is 5.75 Å². The second kappa shape index (κ2) is 4.63. The Bertz CT molecular complexity index is 926. The summed E-state index contributed by atoms with van der Waals surface area (Å²) in [7, 11) is 1.69. The van der Waals surface area contributed by atoms with Crippen LogP contribution in [0.4, 0.5) is 0 Å². The zero-order valence-electron chi connectivity index (χ0n) is 11.7. The zero-order chi connectivity index (χ0) is 14.2. The predicted octanol–water partition coefficient (Wildman–Crippen LogP) is 4.16. The van der Waals surface area contributed by atoms with E-state index >= 15 is 0 Å². The Morgan fingerprint density at radius 1 is 0.952 bits per heavy atom. The van der Waals surface area contributed by atoms with Gasteiger partial charge >= 0.3 is 0 Å². The molecule has 0 N–H and O–H groups in total. The Labute approximate surface area is 122 Å². The largest absolute Gasteiger partial charge is 0.497 e. The summed E-state index contributed by atoms with van der Waals surface area (Å²) >= 11 is 0. The van der Waals surface area contributed by atoms with Crippen LogP contribution < -0.4 is 4.74 Å². The van der Waals surface area contributed by atoms with E-state index in [1.807, 2.05) is 36.5 Å². The highest BCUT2D eigenvalue weighted by atomic mass is 16.5. The molecule has 0 unspecified atom stereocenters. The fourth-order valence-electron chi connectivity index (χ4n) is 2.70. The van der Waals surface area contributed by atoms with Crippen LogP contribution in [0.1, 0.15) is 0 Å². The van der Waals surface area contributed by atoms with Gasteiger partial charge < -0.3 is 4.74 Å². The molecule has 0 amide bonds. The highest BCUT2D eigenvalue weighted by Crippen LogP contribution is 2.27. The Kier molecular flexibility index (Phi) is 2.64. The Morgan fingerprint density at radius 3 is 2.62 bits per heavy atom. The van der Waals surface area contributed by atoms with Crippen molar-refractivity contribution in [1.29, 1.82) is 0 Å². The molecule has 0 saturated heterocycles. The molecule has 21 heavy (non-hydrogen) atoms. The normalized spacial score (nSPS) is 11.1. The SMILES string of the molecule is COc1ccc2c(ccc3cnc(-c4ccccc4)n32)c1. The van der Waals surface area contributed by atoms with Crippen LogP contribution in [-0.4, -0.2) is 16.5 Å². The first-order valence-corrected chi connectivity index (χ1v) is 6.86. The summed E-state index contributed by atoms with van der Waals surface area (Å²) in [5.41, 5.74) is 3.33. The number of hydrogen-bond acceptors (Lipinski definition) is 2. The van der Waals surface area contributed by atoms with Gasteiger partial charge in [0, 0.05) is 10.9 Å². The van der Waals surface area contributed by atoms with Gasteiger partial charge in [0.25, 0.3) is 0 Å². The van der Waals surface area contributed by atoms with E-state index in [1.165, 1.54) is 0 Å². The molecule has 0 aliphatic heterocycles. The molecule has 0 saturated carbocycles. The van der Waals surface area contributed by atoms with Crippen LogP contribution in [0.25, 0.3) is 27.8 Å². The van der Waals surface area contributed by atoms with Gasteiger partial charge in [-0.15, -0.1) is 0 Å². The number of imidazole rings is 1. The lowest BCUT2D eigenvalue weighted by Gasteiger charge is -2.08. The summed E-state index contributed by atoms with van der Waals surface area (Å²) in [5.74, 6) is 1.82. The lowest BCUT2D eigenvalue weighted by molar-refractivity contribution is 0.415. The van der Waals surface area contributed by atoms with Crippen LogP contribution in [-0.2, 0) is 0 Å². The minimum atomic E-state index is 0.864. The highest BCUT2D eigenvalue weighted by Gasteiger charge is 2.09. The van der Waals surface area contributed by atoms with Gasteiger partial charge in [0.05, 0.1) is 24.3 Å². The second-order valence-electron chi connectivity index (χ2n) is 4.97. The molecule has 0 aliphatic carbocycles. The first-order valence-electron chi connectivity index (χ1n) is 6.86. The third-order valence-corrected chi connectivity index (χ3v) is 3.73. The van der Waals surface area contributed by atoms with Gasteiger partial charge in [0.2, 0.25) is 0 Å². The van der Waals surface area contributed by atoms with Crippen molar-refractivity contribution in [3.63, 3.8) is 0 Å². The van der Waals surface area contributed by atoms with Crippen LogP contribution in [0.3, 0.4) is 0 Å². The maximum absolute atomic E-state index is 5.31. The maximum Gasteiger partial charge on any atom is 0.144 e. The molecule has 0 spiro atoms. The van der Waals surface area contributed by atoms with E-state index < -0.39 is 0 Å². The van der Waals surface area contributed by atoms with Crippen molar-refractivity contribution in [2.45, 2.75) is 0 Å². The molecule has 0 radical (unpaired) electrons. The quantitative estimate of drug-likeness (QED) is 0.548. The van der Waals surface area contributed by atoms with Crippen molar-refractivity contribution in [3.8, 4) is 17.1 Å². The predicted molar refractivity (Wildman–Crippen MR) is 84.7 cm³/mol. The smallest absolute Gasteiger partial charge is 0.144 e. The summed E-state index contributed by atoms with van der Waals surface area (Å²) in [6.07, 6.45) is 1.91. The number of aromatic nitrogens is 2. The van der Waals surface area contributed by atoms with Gasteiger partial charge in [-0.25, -0.2) is 4.98 Å². The highest BCUT2D eigenvalue weighted by molar-refractivity contribution is 5.86. The number of pyridine rings is 1. The molecule has 0 aliphatic rings. The van der Waals surface area contributed by atoms with Crippen molar-refractivity contribution < 1.29 is 4.74 Å². The summed E-state index contributed by atoms with van der Waals surface area (Å²) in [6, 6.07) is 20.5. The standard InChI is InChI=1S/C18H14N2O/c1-21-16-9-10-17-14(11-16)7-8-15-12-19-18(20(15)17)13-5-3-2-4-6-13/h2-12H,1H3. The first kappa shape index (κ1) is 12.0. The van der Waals surface area contributed by atoms with E-state index in [0.717, 1.165) is 33.6 Å². The van der Waals surface area contributed by atoms with Gasteiger partial charge in [-0.1, -0.05) is 36.4 Å². The molecular formula is C18H14N2O. The molecule has 3 heteroatoms. The van der Waals surface area contributed by atoms with Crippen molar-refractivity contribution in [3.05, 3.63) is 66.9 Å². The molecule has 0 atom stereocenters. The van der Waals surface area contributed by atoms with Crippen molar-refractivity contribution in [1.82, 2.24) is 9.38 Å². The molecule has 2 aromatic heterocycles. The minimum absolute atomic E-state index is 0.864. The van der Waals surface area contributed by atoms with Crippen LogP contribution >= 0.6 is 0 Å². The van der Waals surface area contributed by atoms with E-state index in [4.69, 9.17) is 4.74 Å². The number of fused-ring (bicyclic) bond motifs is 3. The molecular weight excluding hydrogens is 260 g/mol. The maximum atomic E-state index is 5.31. The first-order chi connectivity index (χ1) is 10.4. The van der Waals surface area contributed by atoms with Gasteiger partial charge in [-0.05, 0) is 24.3 Å². The summed E-state index contributed by atoms with van der Waals surface area (Å²) in [5, 5.41) is 1.14. The fraction of sp³-hybridized carbons (Fsp3) is 0.0556. The monoisotopic (exact) mass is 274 g/mol. The van der Waals surface area contributed by atoms with E-state index in [0.29, 0.717) is 0 Å². The molecule has 3 nitrogen and oxygen atoms in total. The number of methoxy groups -OCH3 is 1. The zero-order valence-corrected chi connectivity index (χ0v) is 11.7. The molecule has 102 valence electrons. The number of hydrogen-bond donors (Lipinski definition) is 0. The molecule has 0 bridgehead atoms. The average Bonchev–Trinajstić information content (AvgIpc) is 2.99. The molecule has 0 fully saturated rings. The fourth-order valence-corrected chi connectivity index (χ4v) is 2.70. The number of benzene rings is 2. The van der Waals surface area contributed by atoms with E-state index in [9.17, 15) is 0 Å². The van der Waals surface area contributed by atoms with Gasteiger partial charge in [-0.3, -0.25) is 4.40 Å². The molecule has 4 rings (SSSR count). The summed E-state index contributed by atoms with van der Waals surface area (Å²) in [4.78, 5) is 4.59. The van der Waals surface area contributed by atoms with Crippen LogP contribution in [0.2, 0.25) is 0 Å². The van der Waals surface area contributed by atoms with Gasteiger partial charge in [0.1, 0.15) is 11.6 Å². The Morgan fingerprint density at radius 2 is 1.81 bits per heavy atom. The van der Waals surface area contributed by atoms with Gasteiger partial charge in [0.15, 0.2) is 0 Å². The van der Waals surface area contributed by atoms with E-state index in [-0.39, 0.29) is 0 Å². The third kappa shape index (κ3) is 1.86. The minimum Gasteiger partial charge on any atom is -0.497 e. The van der Waals surface area contributed by atoms with Gasteiger partial charge in [-0.2, -0.15) is 0 Å². The lowest BCUT2D eigenvalue weighted by atomic mass is 10.1. The van der Waals surface area contributed by atoms with E-state index in [2.05, 4.69) is 39.7 Å². The van der Waals surface area contributed by atoms with Crippen molar-refractivity contribution >= 4 is 16.4 Å². The summed E-state index contributed by atoms with van der Waals surface area (Å²) in [6.45, 7) is 0. The lowest BCUT2D eigenvalue weighted by Crippen LogP contribution is -1.92. The second-order valence-corrected chi connectivity index (χ2v) is 4.97. The van der Waals surface area contributed by atoms with Crippen LogP contribution in [0, 0.1) is 0 Å². The van der Waals surface area contributed by atoms with E-state index in [1.54, 1.807) is 7.11 Å². The summed E-state index contributed by atoms with van der Waals surface area (Å²) < 4.78 is 7.49. The average molecular weight is 274 g/mol. The molecule has 2 heterocycles. The molecule has 4 aromatic rings. The number of nitrogens with zero attached hydrogens (tertiary/aromatic N) is 2. The topological polar surface area (TPSA) is 26.5 Å². The number of ether oxygens (including phenoxy) is 1. The van der Waals surface area contributed by atoms with Crippen molar-refractivity contribution in [2.24, 2.45) is 0 Å². The Hall–Kier alpha value is -2.81. The Balaban J connectivity index is 2.07. The number of rotatable bonds is 2. The molecule has 2 aromatic carbocycles.